The first kappa shape index (κ1) is 17.1. The van der Waals surface area contributed by atoms with Crippen molar-refractivity contribution in [3.63, 3.8) is 0 Å². The molecule has 0 spiro atoms. The Balaban J connectivity index is 1.58. The number of hydroxylamine groups is 2. The molecule has 2 atom stereocenters. The van der Waals surface area contributed by atoms with Crippen molar-refractivity contribution >= 4 is 28.1 Å². The minimum atomic E-state index is -4.81. The fourth-order valence-electron chi connectivity index (χ4n) is 3.27. The van der Waals surface area contributed by atoms with Crippen LogP contribution in [0, 0.1) is 5.92 Å². The van der Waals surface area contributed by atoms with Gasteiger partial charge in [0.1, 0.15) is 6.04 Å². The average Bonchev–Trinajstić information content (AvgIpc) is 2.67. The third kappa shape index (κ3) is 3.37. The smallest absolute Gasteiger partial charge is 0.347 e. The number of fused-ring (bicyclic) bond motifs is 2. The Bertz CT molecular complexity index is 660. The van der Waals surface area contributed by atoms with Gasteiger partial charge in [-0.15, -0.1) is 4.28 Å². The number of nitrogens with zero attached hydrogens (tertiary/aromatic N) is 2. The summed E-state index contributed by atoms with van der Waals surface area (Å²) in [7, 11) is -4.81. The Labute approximate surface area is 139 Å². The van der Waals surface area contributed by atoms with E-state index in [1.165, 1.54) is 4.90 Å². The van der Waals surface area contributed by atoms with E-state index in [0.717, 1.165) is 19.3 Å². The zero-order valence-corrected chi connectivity index (χ0v) is 13.7. The molecule has 24 heavy (non-hydrogen) atoms. The summed E-state index contributed by atoms with van der Waals surface area (Å²) >= 11 is 0. The van der Waals surface area contributed by atoms with Crippen molar-refractivity contribution in [2.75, 3.05) is 13.1 Å². The molecule has 0 radical (unpaired) electrons. The third-order valence-electron chi connectivity index (χ3n) is 4.80. The van der Waals surface area contributed by atoms with Gasteiger partial charge in [0.2, 0.25) is 5.91 Å². The lowest BCUT2D eigenvalue weighted by molar-refractivity contribution is -0.130. The summed E-state index contributed by atoms with van der Waals surface area (Å²) < 4.78 is 34.7. The largest absolute Gasteiger partial charge is 0.418 e. The molecule has 2 saturated heterocycles. The first-order chi connectivity index (χ1) is 11.3. The van der Waals surface area contributed by atoms with Crippen molar-refractivity contribution in [2.45, 2.75) is 44.2 Å². The van der Waals surface area contributed by atoms with Gasteiger partial charge in [-0.1, -0.05) is 6.42 Å². The summed E-state index contributed by atoms with van der Waals surface area (Å²) in [4.78, 5) is 37.5. The molecule has 1 saturated carbocycles. The van der Waals surface area contributed by atoms with Gasteiger partial charge in [-0.2, -0.15) is 13.5 Å². The van der Waals surface area contributed by atoms with Crippen molar-refractivity contribution in [1.82, 2.24) is 15.3 Å². The maximum absolute atomic E-state index is 12.3. The molecule has 2 N–H and O–H groups in total. The molecule has 0 unspecified atom stereocenters. The Morgan fingerprint density at radius 3 is 2.54 bits per heavy atom. The molecule has 0 aromatic carbocycles. The fourth-order valence-corrected chi connectivity index (χ4v) is 3.66. The molecule has 0 aromatic rings. The zero-order chi connectivity index (χ0) is 17.5. The topological polar surface area (TPSA) is 133 Å². The number of urea groups is 1. The van der Waals surface area contributed by atoms with Gasteiger partial charge in [0.25, 0.3) is 0 Å². The van der Waals surface area contributed by atoms with Crippen LogP contribution in [0.15, 0.2) is 0 Å². The van der Waals surface area contributed by atoms with Crippen LogP contribution in [0.25, 0.3) is 0 Å². The number of hydrogen-bond acceptors (Lipinski definition) is 6. The van der Waals surface area contributed by atoms with Gasteiger partial charge in [0.05, 0.1) is 12.6 Å². The number of rotatable bonds is 6. The number of carbonyl (C=O) groups is 3. The van der Waals surface area contributed by atoms with Crippen molar-refractivity contribution in [3.8, 4) is 0 Å². The number of carbonyl (C=O) groups excluding carboxylic acids is 3. The van der Waals surface area contributed by atoms with Crippen LogP contribution in [0.1, 0.15) is 32.1 Å². The molecule has 3 aliphatic rings. The first-order valence-electron chi connectivity index (χ1n) is 7.83. The van der Waals surface area contributed by atoms with Gasteiger partial charge in [0, 0.05) is 12.5 Å². The Morgan fingerprint density at radius 2 is 1.96 bits per heavy atom. The summed E-state index contributed by atoms with van der Waals surface area (Å²) in [5, 5.41) is 3.14. The number of nitrogens with one attached hydrogen (secondary N) is 1. The first-order valence-corrected chi connectivity index (χ1v) is 9.20. The standard InChI is InChI=1S/C13H19N3O7S/c17-11(8-2-1-3-8)6-14-12(18)10-5-4-9-7-15(10)13(19)16(9)23-24(20,21)22/h8-10H,1-7H2,(H,14,18)(H,20,21,22)/t9-,10+/m1/s1. The summed E-state index contributed by atoms with van der Waals surface area (Å²) in [6, 6.07) is -2.11. The number of ketones is 1. The van der Waals surface area contributed by atoms with Gasteiger partial charge in [-0.25, -0.2) is 4.79 Å². The molecular formula is C13H19N3O7S. The lowest BCUT2D eigenvalue weighted by Crippen LogP contribution is -2.51. The molecule has 1 aliphatic carbocycles. The van der Waals surface area contributed by atoms with Crippen molar-refractivity contribution < 1.29 is 31.6 Å². The van der Waals surface area contributed by atoms with E-state index < -0.39 is 34.4 Å². The van der Waals surface area contributed by atoms with E-state index >= 15 is 0 Å². The molecular weight excluding hydrogens is 342 g/mol. The summed E-state index contributed by atoms with van der Waals surface area (Å²) in [6.07, 6.45) is 3.41. The summed E-state index contributed by atoms with van der Waals surface area (Å²) in [5.41, 5.74) is 0. The van der Waals surface area contributed by atoms with E-state index in [2.05, 4.69) is 9.60 Å². The highest BCUT2D eigenvalue weighted by atomic mass is 32.3. The second-order valence-electron chi connectivity index (χ2n) is 6.32. The Hall–Kier alpha value is -1.72. The number of piperidine rings is 1. The van der Waals surface area contributed by atoms with Gasteiger partial charge in [-0.3, -0.25) is 14.1 Å². The van der Waals surface area contributed by atoms with Crippen molar-refractivity contribution in [3.05, 3.63) is 0 Å². The second-order valence-corrected chi connectivity index (χ2v) is 7.33. The van der Waals surface area contributed by atoms with Crippen LogP contribution in [-0.4, -0.2) is 65.8 Å². The minimum Gasteiger partial charge on any atom is -0.347 e. The van der Waals surface area contributed by atoms with Gasteiger partial charge >= 0.3 is 16.4 Å². The van der Waals surface area contributed by atoms with Crippen LogP contribution >= 0.6 is 0 Å². The molecule has 3 rings (SSSR count). The highest BCUT2D eigenvalue weighted by Crippen LogP contribution is 2.31. The molecule has 3 amide bonds. The molecule has 134 valence electrons. The minimum absolute atomic E-state index is 0.00707. The summed E-state index contributed by atoms with van der Waals surface area (Å²) in [5.74, 6) is -0.427. The Morgan fingerprint density at radius 1 is 1.25 bits per heavy atom. The van der Waals surface area contributed by atoms with Crippen LogP contribution in [0.5, 0.6) is 0 Å². The fraction of sp³-hybridized carbons (Fsp3) is 0.769. The molecule has 2 bridgehead atoms. The van der Waals surface area contributed by atoms with Gasteiger partial charge < -0.3 is 10.2 Å². The maximum atomic E-state index is 12.3. The normalized spacial score (nSPS) is 27.1. The second kappa shape index (κ2) is 6.30. The summed E-state index contributed by atoms with van der Waals surface area (Å²) in [6.45, 7) is 0.0692. The molecule has 2 aliphatic heterocycles. The molecule has 0 aromatic heterocycles. The SMILES string of the molecule is O=C(CNC(=O)[C@@H]1CC[C@@H]2CN1C(=O)N2OS(=O)(=O)O)C1CCC1. The monoisotopic (exact) mass is 361 g/mol. The predicted octanol–water partition coefficient (Wildman–Crippen LogP) is -0.525. The van der Waals surface area contributed by atoms with Crippen molar-refractivity contribution in [1.29, 1.82) is 0 Å². The van der Waals surface area contributed by atoms with E-state index in [0.29, 0.717) is 17.9 Å². The van der Waals surface area contributed by atoms with Crippen LogP contribution in [0.3, 0.4) is 0 Å². The van der Waals surface area contributed by atoms with Crippen LogP contribution in [0.2, 0.25) is 0 Å². The Kier molecular flexibility index (Phi) is 4.49. The number of amides is 3. The maximum Gasteiger partial charge on any atom is 0.418 e. The lowest BCUT2D eigenvalue weighted by Gasteiger charge is -2.29. The molecule has 11 heteroatoms. The quantitative estimate of drug-likeness (QED) is 0.608. The highest BCUT2D eigenvalue weighted by Gasteiger charge is 2.49. The predicted molar refractivity (Wildman–Crippen MR) is 78.7 cm³/mol. The van der Waals surface area contributed by atoms with E-state index in [1.54, 1.807) is 0 Å². The molecule has 2 heterocycles. The van der Waals surface area contributed by atoms with E-state index in [4.69, 9.17) is 4.55 Å². The molecule has 3 fully saturated rings. The molecule has 10 nitrogen and oxygen atoms in total. The van der Waals surface area contributed by atoms with Crippen LogP contribution < -0.4 is 5.32 Å². The number of Topliss-reactive ketones (excluding diaryl/α,β-unsaturated/α-hetero) is 1. The zero-order valence-electron chi connectivity index (χ0n) is 12.9. The van der Waals surface area contributed by atoms with E-state index in [9.17, 15) is 22.8 Å². The highest BCUT2D eigenvalue weighted by molar-refractivity contribution is 7.80. The van der Waals surface area contributed by atoms with E-state index in [1.807, 2.05) is 0 Å². The third-order valence-corrected chi connectivity index (χ3v) is 5.15. The van der Waals surface area contributed by atoms with Crippen molar-refractivity contribution in [2.24, 2.45) is 5.92 Å². The number of hydrogen-bond donors (Lipinski definition) is 2. The van der Waals surface area contributed by atoms with Crippen LogP contribution in [-0.2, 0) is 24.3 Å². The van der Waals surface area contributed by atoms with Gasteiger partial charge in [0.15, 0.2) is 5.78 Å². The van der Waals surface area contributed by atoms with Crippen LogP contribution in [0.4, 0.5) is 4.79 Å². The lowest BCUT2D eigenvalue weighted by atomic mass is 9.82. The van der Waals surface area contributed by atoms with Gasteiger partial charge in [-0.05, 0) is 25.7 Å². The van der Waals surface area contributed by atoms with E-state index in [-0.39, 0.29) is 24.8 Å². The average molecular weight is 361 g/mol.